The van der Waals surface area contributed by atoms with Crippen LogP contribution >= 0.6 is 0 Å². The molecule has 0 unspecified atom stereocenters. The van der Waals surface area contributed by atoms with Gasteiger partial charge in [0.05, 0.1) is 11.9 Å². The molecule has 0 aliphatic carbocycles. The van der Waals surface area contributed by atoms with Gasteiger partial charge in [0.2, 0.25) is 11.9 Å². The Morgan fingerprint density at radius 2 is 1.82 bits per heavy atom. The number of hydrazone groups is 1. The second-order valence-electron chi connectivity index (χ2n) is 7.33. The predicted octanol–water partition coefficient (Wildman–Crippen LogP) is 4.30. The molecular formula is C24H24N8O. The summed E-state index contributed by atoms with van der Waals surface area (Å²) in [6.45, 7) is 7.55. The molecule has 33 heavy (non-hydrogen) atoms. The second-order valence-corrected chi connectivity index (χ2v) is 7.33. The summed E-state index contributed by atoms with van der Waals surface area (Å²) in [6.07, 6.45) is 3.81. The van der Waals surface area contributed by atoms with Crippen molar-refractivity contribution in [1.29, 1.82) is 0 Å². The van der Waals surface area contributed by atoms with Gasteiger partial charge in [-0.25, -0.2) is 10.1 Å². The fourth-order valence-corrected chi connectivity index (χ4v) is 3.24. The van der Waals surface area contributed by atoms with E-state index in [1.54, 1.807) is 16.8 Å². The lowest BCUT2D eigenvalue weighted by molar-refractivity contribution is 0.469. The van der Waals surface area contributed by atoms with Gasteiger partial charge in [0, 0.05) is 16.9 Å². The van der Waals surface area contributed by atoms with Crippen molar-refractivity contribution in [2.45, 2.75) is 20.3 Å². The highest BCUT2D eigenvalue weighted by Crippen LogP contribution is 2.22. The Bertz CT molecular complexity index is 1300. The number of aryl methyl sites for hydroxylation is 2. The first-order valence-electron chi connectivity index (χ1n) is 10.4. The van der Waals surface area contributed by atoms with E-state index in [4.69, 9.17) is 0 Å². The van der Waals surface area contributed by atoms with E-state index in [1.807, 2.05) is 62.4 Å². The number of hydrogen-bond acceptors (Lipinski definition) is 8. The maximum atomic E-state index is 10.4. The number of anilines is 3. The van der Waals surface area contributed by atoms with Crippen LogP contribution < -0.4 is 10.7 Å². The topological polar surface area (TPSA) is 113 Å². The standard InChI is InChI=1S/C24H24N8O/c1-4-9-18-10-8-11-19(21(18)33)15-25-30-23-27-22(26-20-12-6-5-7-13-20)28-24(29-23)32-17(3)14-16(2)31-32/h4-8,10-15,33H,1,9H2,2-3H3,(H2,26,27,28,29,30). The third kappa shape index (κ3) is 5.21. The highest BCUT2D eigenvalue weighted by molar-refractivity contribution is 5.84. The molecule has 0 fully saturated rings. The molecule has 2 aromatic carbocycles. The van der Waals surface area contributed by atoms with E-state index in [0.717, 1.165) is 22.6 Å². The Labute approximate surface area is 191 Å². The number of hydrogen-bond donors (Lipinski definition) is 3. The van der Waals surface area contributed by atoms with E-state index in [9.17, 15) is 5.11 Å². The summed E-state index contributed by atoms with van der Waals surface area (Å²) >= 11 is 0. The molecule has 0 aliphatic rings. The van der Waals surface area contributed by atoms with Gasteiger partial charge in [0.25, 0.3) is 5.95 Å². The zero-order valence-corrected chi connectivity index (χ0v) is 18.4. The average Bonchev–Trinajstić information content (AvgIpc) is 3.15. The quantitative estimate of drug-likeness (QED) is 0.213. The summed E-state index contributed by atoms with van der Waals surface area (Å²) in [5.74, 6) is 1.08. The van der Waals surface area contributed by atoms with Crippen LogP contribution in [0.25, 0.3) is 5.95 Å². The molecule has 0 amide bonds. The van der Waals surface area contributed by atoms with E-state index >= 15 is 0 Å². The van der Waals surface area contributed by atoms with Gasteiger partial charge in [-0.1, -0.05) is 36.4 Å². The van der Waals surface area contributed by atoms with Crippen LogP contribution in [-0.4, -0.2) is 36.1 Å². The normalized spacial score (nSPS) is 11.0. The second kappa shape index (κ2) is 9.73. The molecule has 9 heteroatoms. The summed E-state index contributed by atoms with van der Waals surface area (Å²) in [5, 5.41) is 22.3. The average molecular weight is 441 g/mol. The number of benzene rings is 2. The molecule has 166 valence electrons. The highest BCUT2D eigenvalue weighted by atomic mass is 16.3. The molecule has 4 aromatic rings. The summed E-state index contributed by atoms with van der Waals surface area (Å²) < 4.78 is 1.65. The van der Waals surface area contributed by atoms with Crippen molar-refractivity contribution in [3.8, 4) is 11.7 Å². The maximum absolute atomic E-state index is 10.4. The summed E-state index contributed by atoms with van der Waals surface area (Å²) in [4.78, 5) is 13.4. The first kappa shape index (κ1) is 21.7. The zero-order valence-electron chi connectivity index (χ0n) is 18.4. The van der Waals surface area contributed by atoms with E-state index in [1.165, 1.54) is 6.21 Å². The van der Waals surface area contributed by atoms with Gasteiger partial charge >= 0.3 is 0 Å². The lowest BCUT2D eigenvalue weighted by Crippen LogP contribution is -2.11. The molecule has 4 rings (SSSR count). The van der Waals surface area contributed by atoms with Gasteiger partial charge in [-0.05, 0) is 50.1 Å². The number of aromatic hydroxyl groups is 1. The maximum Gasteiger partial charge on any atom is 0.257 e. The number of nitrogens with zero attached hydrogens (tertiary/aromatic N) is 6. The lowest BCUT2D eigenvalue weighted by Gasteiger charge is -2.09. The molecule has 0 spiro atoms. The van der Waals surface area contributed by atoms with Crippen molar-refractivity contribution in [3.63, 3.8) is 0 Å². The van der Waals surface area contributed by atoms with Gasteiger partial charge in [0.15, 0.2) is 0 Å². The fourth-order valence-electron chi connectivity index (χ4n) is 3.24. The Balaban J connectivity index is 1.64. The fraction of sp³-hybridized carbons (Fsp3) is 0.125. The number of rotatable bonds is 8. The van der Waals surface area contributed by atoms with Crippen LogP contribution in [-0.2, 0) is 6.42 Å². The first-order chi connectivity index (χ1) is 16.0. The van der Waals surface area contributed by atoms with Crippen LogP contribution in [0.3, 0.4) is 0 Å². The SMILES string of the molecule is C=CCc1cccc(C=NNc2nc(Nc3ccccc3)nc(-n3nc(C)cc3C)n2)c1O. The number of allylic oxidation sites excluding steroid dienone is 1. The Morgan fingerprint density at radius 3 is 2.55 bits per heavy atom. The van der Waals surface area contributed by atoms with Crippen LogP contribution in [0.4, 0.5) is 17.6 Å². The number of nitrogens with one attached hydrogen (secondary N) is 2. The van der Waals surface area contributed by atoms with Crippen LogP contribution in [0.2, 0.25) is 0 Å². The summed E-state index contributed by atoms with van der Waals surface area (Å²) in [5.41, 5.74) is 6.75. The Hall–Kier alpha value is -4.53. The number of phenols is 1. The Morgan fingerprint density at radius 1 is 1.03 bits per heavy atom. The molecule has 3 N–H and O–H groups in total. The molecule has 9 nitrogen and oxygen atoms in total. The minimum absolute atomic E-state index is 0.161. The van der Waals surface area contributed by atoms with Crippen LogP contribution in [0, 0.1) is 13.8 Å². The van der Waals surface area contributed by atoms with Crippen molar-refractivity contribution in [2.75, 3.05) is 10.7 Å². The molecule has 0 saturated carbocycles. The minimum atomic E-state index is 0.161. The van der Waals surface area contributed by atoms with Crippen molar-refractivity contribution in [1.82, 2.24) is 24.7 Å². The van der Waals surface area contributed by atoms with E-state index in [0.29, 0.717) is 23.9 Å². The van der Waals surface area contributed by atoms with E-state index in [-0.39, 0.29) is 11.7 Å². The van der Waals surface area contributed by atoms with Gasteiger partial charge in [-0.2, -0.15) is 25.2 Å². The third-order valence-electron chi connectivity index (χ3n) is 4.74. The summed E-state index contributed by atoms with van der Waals surface area (Å²) in [6, 6.07) is 17.0. The number of para-hydroxylation sites is 2. The highest BCUT2D eigenvalue weighted by Gasteiger charge is 2.12. The van der Waals surface area contributed by atoms with Crippen molar-refractivity contribution < 1.29 is 5.11 Å². The number of aromatic nitrogens is 5. The van der Waals surface area contributed by atoms with Gasteiger partial charge in [0.1, 0.15) is 5.75 Å². The Kier molecular flexibility index (Phi) is 6.40. The zero-order chi connectivity index (χ0) is 23.2. The number of phenolic OH excluding ortho intramolecular Hbond substituents is 1. The molecule has 2 heterocycles. The first-order valence-corrected chi connectivity index (χ1v) is 10.4. The van der Waals surface area contributed by atoms with Gasteiger partial charge in [-0.15, -0.1) is 6.58 Å². The lowest BCUT2D eigenvalue weighted by atomic mass is 10.1. The predicted molar refractivity (Wildman–Crippen MR) is 129 cm³/mol. The monoisotopic (exact) mass is 440 g/mol. The molecule has 0 radical (unpaired) electrons. The molecule has 0 atom stereocenters. The molecule has 0 bridgehead atoms. The smallest absolute Gasteiger partial charge is 0.257 e. The van der Waals surface area contributed by atoms with Crippen molar-refractivity contribution >= 4 is 23.8 Å². The van der Waals surface area contributed by atoms with Crippen LogP contribution in [0.1, 0.15) is 22.5 Å². The van der Waals surface area contributed by atoms with Crippen molar-refractivity contribution in [3.05, 3.63) is 89.8 Å². The molecule has 0 saturated heterocycles. The molecule has 2 aromatic heterocycles. The van der Waals surface area contributed by atoms with Crippen LogP contribution in [0.5, 0.6) is 5.75 Å². The molecule has 0 aliphatic heterocycles. The summed E-state index contributed by atoms with van der Waals surface area (Å²) in [7, 11) is 0. The van der Waals surface area contributed by atoms with Crippen molar-refractivity contribution in [2.24, 2.45) is 5.10 Å². The third-order valence-corrected chi connectivity index (χ3v) is 4.74. The largest absolute Gasteiger partial charge is 0.507 e. The van der Waals surface area contributed by atoms with Gasteiger partial charge < -0.3 is 10.4 Å². The van der Waals surface area contributed by atoms with E-state index < -0.39 is 0 Å². The van der Waals surface area contributed by atoms with Crippen LogP contribution in [0.15, 0.2) is 72.4 Å². The minimum Gasteiger partial charge on any atom is -0.507 e. The molecular weight excluding hydrogens is 416 g/mol. The van der Waals surface area contributed by atoms with Gasteiger partial charge in [-0.3, -0.25) is 0 Å². The van der Waals surface area contributed by atoms with E-state index in [2.05, 4.69) is 42.5 Å².